The Hall–Kier alpha value is -1.96. The summed E-state index contributed by atoms with van der Waals surface area (Å²) in [5.74, 6) is 0. The lowest BCUT2D eigenvalue weighted by Crippen LogP contribution is -2.08. The third kappa shape index (κ3) is 5.35. The molecule has 0 aliphatic rings. The van der Waals surface area contributed by atoms with Gasteiger partial charge < -0.3 is 10.6 Å². The van der Waals surface area contributed by atoms with Gasteiger partial charge in [-0.2, -0.15) is 0 Å². The summed E-state index contributed by atoms with van der Waals surface area (Å²) < 4.78 is 0. The van der Waals surface area contributed by atoms with Crippen LogP contribution in [-0.4, -0.2) is 14.1 Å². The molecule has 0 spiro atoms. The van der Waals surface area contributed by atoms with E-state index in [1.807, 2.05) is 18.2 Å². The number of aryl methyl sites for hydroxylation is 2. The molecule has 2 heteroatoms. The Kier molecular flexibility index (Phi) is 6.65. The second-order valence-corrected chi connectivity index (χ2v) is 5.02. The Morgan fingerprint density at radius 2 is 1.40 bits per heavy atom. The first-order valence-corrected chi connectivity index (χ1v) is 7.17. The van der Waals surface area contributed by atoms with E-state index in [0.717, 1.165) is 18.5 Å². The molecule has 0 atom stereocenters. The molecule has 0 aliphatic carbocycles. The molecule has 0 aromatic heterocycles. The van der Waals surface area contributed by atoms with Crippen LogP contribution in [0.1, 0.15) is 25.0 Å². The van der Waals surface area contributed by atoms with Crippen molar-refractivity contribution in [2.75, 3.05) is 24.7 Å². The summed E-state index contributed by atoms with van der Waals surface area (Å²) in [6, 6.07) is 16.6. The first-order valence-electron chi connectivity index (χ1n) is 7.17. The fourth-order valence-electron chi connectivity index (χ4n) is 1.87. The number of hydrogen-bond acceptors (Lipinski definition) is 2. The van der Waals surface area contributed by atoms with Crippen molar-refractivity contribution in [1.82, 2.24) is 0 Å². The molecule has 2 rings (SSSR count). The summed E-state index contributed by atoms with van der Waals surface area (Å²) in [7, 11) is 4.13. The van der Waals surface area contributed by atoms with E-state index in [0.29, 0.717) is 0 Å². The lowest BCUT2D eigenvalue weighted by atomic mass is 10.1. The molecule has 2 N–H and O–H groups in total. The van der Waals surface area contributed by atoms with Crippen molar-refractivity contribution >= 4 is 11.4 Å². The molecular weight excluding hydrogens is 244 g/mol. The molecule has 2 nitrogen and oxygen atoms in total. The van der Waals surface area contributed by atoms with Crippen LogP contribution in [-0.2, 0) is 12.8 Å². The van der Waals surface area contributed by atoms with Crippen LogP contribution in [0.5, 0.6) is 0 Å². The first-order chi connectivity index (χ1) is 9.56. The number of hydrogen-bond donors (Lipinski definition) is 1. The van der Waals surface area contributed by atoms with E-state index in [1.54, 1.807) is 0 Å². The zero-order chi connectivity index (χ0) is 15.0. The molecular formula is C18H26N2. The lowest BCUT2D eigenvalue weighted by Gasteiger charge is -2.12. The molecule has 2 aromatic rings. The molecule has 0 unspecified atom stereocenters. The van der Waals surface area contributed by atoms with Crippen molar-refractivity contribution in [3.05, 3.63) is 59.7 Å². The Balaban J connectivity index is 0.000000204. The third-order valence-corrected chi connectivity index (χ3v) is 3.19. The predicted molar refractivity (Wildman–Crippen MR) is 90.4 cm³/mol. The molecule has 0 heterocycles. The van der Waals surface area contributed by atoms with Crippen LogP contribution < -0.4 is 10.6 Å². The lowest BCUT2D eigenvalue weighted by molar-refractivity contribution is 1.10. The standard InChI is InChI=1S/C10H15N.C8H11N/c1-4-9-6-5-7-10(8-9)11(2)3;1-2-7-4-3-5-8(9)6-7/h5-8H,4H2,1-3H3;3-6H,2,9H2,1H3. The number of nitrogen functional groups attached to an aromatic ring is 1. The summed E-state index contributed by atoms with van der Waals surface area (Å²) in [6.45, 7) is 4.30. The van der Waals surface area contributed by atoms with E-state index in [9.17, 15) is 0 Å². The second kappa shape index (κ2) is 8.26. The van der Waals surface area contributed by atoms with Crippen LogP contribution in [0, 0.1) is 0 Å². The maximum atomic E-state index is 5.53. The van der Waals surface area contributed by atoms with Gasteiger partial charge in [0.2, 0.25) is 0 Å². The molecule has 0 saturated carbocycles. The molecule has 2 aromatic carbocycles. The van der Waals surface area contributed by atoms with E-state index in [-0.39, 0.29) is 0 Å². The van der Waals surface area contributed by atoms with E-state index in [1.165, 1.54) is 16.8 Å². The Morgan fingerprint density at radius 3 is 1.85 bits per heavy atom. The topological polar surface area (TPSA) is 29.3 Å². The van der Waals surface area contributed by atoms with Gasteiger partial charge in [-0.25, -0.2) is 0 Å². The molecule has 20 heavy (non-hydrogen) atoms. The molecule has 0 fully saturated rings. The number of nitrogens with zero attached hydrogens (tertiary/aromatic N) is 1. The van der Waals surface area contributed by atoms with Gasteiger partial charge in [0.1, 0.15) is 0 Å². The van der Waals surface area contributed by atoms with Crippen molar-refractivity contribution < 1.29 is 0 Å². The number of benzene rings is 2. The van der Waals surface area contributed by atoms with Crippen molar-refractivity contribution in [2.45, 2.75) is 26.7 Å². The van der Waals surface area contributed by atoms with E-state index in [2.05, 4.69) is 63.2 Å². The van der Waals surface area contributed by atoms with Crippen LogP contribution in [0.25, 0.3) is 0 Å². The van der Waals surface area contributed by atoms with Crippen molar-refractivity contribution in [2.24, 2.45) is 0 Å². The minimum atomic E-state index is 0.856. The third-order valence-electron chi connectivity index (χ3n) is 3.19. The van der Waals surface area contributed by atoms with E-state index >= 15 is 0 Å². The highest BCUT2D eigenvalue weighted by atomic mass is 15.1. The highest BCUT2D eigenvalue weighted by Crippen LogP contribution is 2.13. The summed E-state index contributed by atoms with van der Waals surface area (Å²) in [4.78, 5) is 2.12. The van der Waals surface area contributed by atoms with Crippen LogP contribution in [0.15, 0.2) is 48.5 Å². The number of anilines is 2. The van der Waals surface area contributed by atoms with Crippen LogP contribution >= 0.6 is 0 Å². The predicted octanol–water partition coefficient (Wildman–Crippen LogP) is 4.15. The molecule has 108 valence electrons. The molecule has 0 bridgehead atoms. The second-order valence-electron chi connectivity index (χ2n) is 5.02. The van der Waals surface area contributed by atoms with Gasteiger partial charge in [-0.1, -0.05) is 38.1 Å². The van der Waals surface area contributed by atoms with E-state index in [4.69, 9.17) is 5.73 Å². The largest absolute Gasteiger partial charge is 0.399 e. The summed E-state index contributed by atoms with van der Waals surface area (Å²) in [5, 5.41) is 0. The fourth-order valence-corrected chi connectivity index (χ4v) is 1.87. The Morgan fingerprint density at radius 1 is 0.850 bits per heavy atom. The maximum absolute atomic E-state index is 5.53. The smallest absolute Gasteiger partial charge is 0.0363 e. The zero-order valence-corrected chi connectivity index (χ0v) is 13.1. The fraction of sp³-hybridized carbons (Fsp3) is 0.333. The first kappa shape index (κ1) is 16.1. The minimum Gasteiger partial charge on any atom is -0.399 e. The average Bonchev–Trinajstić information content (AvgIpc) is 2.48. The number of rotatable bonds is 3. The highest BCUT2D eigenvalue weighted by molar-refractivity contribution is 5.47. The van der Waals surface area contributed by atoms with Gasteiger partial charge in [-0.15, -0.1) is 0 Å². The minimum absolute atomic E-state index is 0.856. The quantitative estimate of drug-likeness (QED) is 0.849. The highest BCUT2D eigenvalue weighted by Gasteiger charge is 1.94. The van der Waals surface area contributed by atoms with Crippen LogP contribution in [0.3, 0.4) is 0 Å². The summed E-state index contributed by atoms with van der Waals surface area (Å²) in [5.41, 5.74) is 10.4. The summed E-state index contributed by atoms with van der Waals surface area (Å²) in [6.07, 6.45) is 2.17. The van der Waals surface area contributed by atoms with Crippen molar-refractivity contribution in [3.63, 3.8) is 0 Å². The van der Waals surface area contributed by atoms with Gasteiger partial charge in [-0.05, 0) is 48.2 Å². The Labute approximate surface area is 123 Å². The normalized spacial score (nSPS) is 9.60. The molecule has 0 saturated heterocycles. The molecule has 0 aliphatic heterocycles. The monoisotopic (exact) mass is 270 g/mol. The van der Waals surface area contributed by atoms with Crippen LogP contribution in [0.4, 0.5) is 11.4 Å². The van der Waals surface area contributed by atoms with Gasteiger partial charge in [0.25, 0.3) is 0 Å². The number of nitrogens with two attached hydrogens (primary N) is 1. The zero-order valence-electron chi connectivity index (χ0n) is 13.1. The molecule has 0 amide bonds. The van der Waals surface area contributed by atoms with Crippen molar-refractivity contribution in [3.8, 4) is 0 Å². The van der Waals surface area contributed by atoms with E-state index < -0.39 is 0 Å². The van der Waals surface area contributed by atoms with Gasteiger partial charge in [0.15, 0.2) is 0 Å². The van der Waals surface area contributed by atoms with Gasteiger partial charge >= 0.3 is 0 Å². The van der Waals surface area contributed by atoms with Crippen molar-refractivity contribution in [1.29, 1.82) is 0 Å². The van der Waals surface area contributed by atoms with Crippen LogP contribution in [0.2, 0.25) is 0 Å². The maximum Gasteiger partial charge on any atom is 0.0363 e. The van der Waals surface area contributed by atoms with Gasteiger partial charge in [-0.3, -0.25) is 0 Å². The Bertz CT molecular complexity index is 518. The van der Waals surface area contributed by atoms with Gasteiger partial charge in [0, 0.05) is 25.5 Å². The molecule has 0 radical (unpaired) electrons. The SMILES string of the molecule is CCc1cccc(N(C)C)c1.CCc1cccc(N)c1. The average molecular weight is 270 g/mol. The van der Waals surface area contributed by atoms with Gasteiger partial charge in [0.05, 0.1) is 0 Å². The summed E-state index contributed by atoms with van der Waals surface area (Å²) >= 11 is 0.